The van der Waals surface area contributed by atoms with Gasteiger partial charge in [0, 0.05) is 32.5 Å². The van der Waals surface area contributed by atoms with E-state index in [2.05, 4.69) is 160 Å². The van der Waals surface area contributed by atoms with Crippen molar-refractivity contribution in [2.45, 2.75) is 41.0 Å². The van der Waals surface area contributed by atoms with Gasteiger partial charge in [-0.05, 0) is 63.3 Å². The maximum atomic E-state index is 4.53. The molecule has 7 aromatic rings. The molecule has 0 aliphatic rings. The topological polar surface area (TPSA) is 25.8 Å². The average molecular weight is 775 g/mol. The molecule has 5 aromatic carbocycles. The zero-order valence-electron chi connectivity index (χ0n) is 27.1. The molecule has 1 radical (unpaired) electrons. The molecule has 46 heavy (non-hydrogen) atoms. The summed E-state index contributed by atoms with van der Waals surface area (Å²) in [6.07, 6.45) is 4.88. The summed E-state index contributed by atoms with van der Waals surface area (Å²) in [4.78, 5) is 9.00. The van der Waals surface area contributed by atoms with Gasteiger partial charge in [-0.3, -0.25) is 0 Å². The maximum absolute atomic E-state index is 4.53. The van der Waals surface area contributed by atoms with Crippen LogP contribution in [0.25, 0.3) is 55.2 Å². The summed E-state index contributed by atoms with van der Waals surface area (Å²) in [7, 11) is 0. The third-order valence-electron chi connectivity index (χ3n) is 7.89. The van der Waals surface area contributed by atoms with E-state index in [1.807, 2.05) is 24.5 Å². The average Bonchev–Trinajstić information content (AvgIpc) is 3.05. The van der Waals surface area contributed by atoms with Crippen LogP contribution in [0.1, 0.15) is 37.5 Å². The molecule has 2 aromatic heterocycles. The molecular formula is C43H38IrN2-2. The Bertz CT molecular complexity index is 2050. The number of aromatic nitrogens is 2. The molecule has 0 saturated carbocycles. The number of hydrogen-bond donors (Lipinski definition) is 0. The van der Waals surface area contributed by atoms with Crippen LogP contribution in [0.15, 0.2) is 128 Å². The van der Waals surface area contributed by atoms with Crippen molar-refractivity contribution < 1.29 is 20.1 Å². The van der Waals surface area contributed by atoms with Crippen LogP contribution in [-0.2, 0) is 26.5 Å². The van der Waals surface area contributed by atoms with Gasteiger partial charge in [0.15, 0.2) is 0 Å². The van der Waals surface area contributed by atoms with Crippen molar-refractivity contribution in [1.82, 2.24) is 9.97 Å². The van der Waals surface area contributed by atoms with E-state index in [1.165, 1.54) is 49.4 Å². The molecule has 0 atom stereocenters. The normalized spacial score (nSPS) is 11.1. The van der Waals surface area contributed by atoms with Crippen LogP contribution in [-0.4, -0.2) is 9.97 Å². The van der Waals surface area contributed by atoms with E-state index in [1.54, 1.807) is 0 Å². The molecule has 0 aliphatic carbocycles. The van der Waals surface area contributed by atoms with Gasteiger partial charge in [0.25, 0.3) is 0 Å². The summed E-state index contributed by atoms with van der Waals surface area (Å²) in [5.74, 6) is 0. The fourth-order valence-electron chi connectivity index (χ4n) is 5.69. The monoisotopic (exact) mass is 775 g/mol. The second-order valence-corrected chi connectivity index (χ2v) is 13.0. The van der Waals surface area contributed by atoms with E-state index in [0.717, 1.165) is 28.9 Å². The Morgan fingerprint density at radius 2 is 1.30 bits per heavy atom. The van der Waals surface area contributed by atoms with Crippen LogP contribution in [0.2, 0.25) is 0 Å². The van der Waals surface area contributed by atoms with Crippen LogP contribution < -0.4 is 0 Å². The van der Waals surface area contributed by atoms with Gasteiger partial charge in [-0.2, -0.15) is 0 Å². The Balaban J connectivity index is 0.000000193. The van der Waals surface area contributed by atoms with Crippen molar-refractivity contribution in [3.05, 3.63) is 156 Å². The SMILES string of the molecule is Cc1c[c-]c(-c2ccc(CC(C)(C)C)cn2)cc1.Cc1ccnc(-c2[c-]cc(-c3cc4ccccc4c4ccccc34)cc2)c1.[Ir]. The molecule has 2 heterocycles. The minimum absolute atomic E-state index is 0. The number of hydrogen-bond acceptors (Lipinski definition) is 2. The molecule has 0 spiro atoms. The first-order valence-corrected chi connectivity index (χ1v) is 15.5. The van der Waals surface area contributed by atoms with E-state index < -0.39 is 0 Å². The second-order valence-electron chi connectivity index (χ2n) is 13.0. The maximum Gasteiger partial charge on any atom is 0.0193 e. The van der Waals surface area contributed by atoms with Gasteiger partial charge in [-0.1, -0.05) is 117 Å². The van der Waals surface area contributed by atoms with E-state index in [9.17, 15) is 0 Å². The summed E-state index contributed by atoms with van der Waals surface area (Å²) >= 11 is 0. The van der Waals surface area contributed by atoms with Gasteiger partial charge in [0.05, 0.1) is 0 Å². The van der Waals surface area contributed by atoms with Gasteiger partial charge < -0.3 is 9.97 Å². The zero-order chi connectivity index (χ0) is 31.4. The van der Waals surface area contributed by atoms with Crippen molar-refractivity contribution in [2.75, 3.05) is 0 Å². The first-order valence-electron chi connectivity index (χ1n) is 15.5. The van der Waals surface area contributed by atoms with E-state index in [-0.39, 0.29) is 20.1 Å². The largest absolute Gasteiger partial charge is 0.305 e. The van der Waals surface area contributed by atoms with Gasteiger partial charge in [-0.15, -0.1) is 65.2 Å². The third-order valence-corrected chi connectivity index (χ3v) is 7.89. The molecule has 0 unspecified atom stereocenters. The molecule has 0 N–H and O–H groups in total. The summed E-state index contributed by atoms with van der Waals surface area (Å²) < 4.78 is 0. The third kappa shape index (κ3) is 7.85. The molecule has 0 saturated heterocycles. The molecule has 231 valence electrons. The van der Waals surface area contributed by atoms with E-state index >= 15 is 0 Å². The minimum atomic E-state index is 0. The predicted octanol–water partition coefficient (Wildman–Crippen LogP) is 11.3. The predicted molar refractivity (Wildman–Crippen MR) is 190 cm³/mol. The van der Waals surface area contributed by atoms with E-state index in [4.69, 9.17) is 0 Å². The fourth-order valence-corrected chi connectivity index (χ4v) is 5.69. The molecule has 0 amide bonds. The van der Waals surface area contributed by atoms with Crippen molar-refractivity contribution in [1.29, 1.82) is 0 Å². The number of pyridine rings is 2. The molecule has 2 nitrogen and oxygen atoms in total. The quantitative estimate of drug-likeness (QED) is 0.131. The Labute approximate surface area is 287 Å². The smallest absolute Gasteiger partial charge is 0.0193 e. The first kappa shape index (κ1) is 32.9. The number of fused-ring (bicyclic) bond motifs is 3. The van der Waals surface area contributed by atoms with Gasteiger partial charge in [-0.25, -0.2) is 0 Å². The van der Waals surface area contributed by atoms with Crippen LogP contribution in [0.5, 0.6) is 0 Å². The Hall–Kier alpha value is -4.43. The molecule has 7 rings (SSSR count). The number of rotatable bonds is 4. The molecule has 0 fully saturated rings. The second kappa shape index (κ2) is 14.3. The first-order chi connectivity index (χ1) is 21.7. The molecule has 0 bridgehead atoms. The zero-order valence-corrected chi connectivity index (χ0v) is 29.5. The molecular weight excluding hydrogens is 737 g/mol. The number of benzene rings is 5. The standard InChI is InChI=1S/C26H18N.C17H20N.Ir/c1-18-14-15-27-26(16-18)20-12-10-19(11-13-20)25-17-21-6-2-3-7-22(21)23-8-4-5-9-24(23)25;1-13-5-8-15(9-6-13)16-10-7-14(12-18-16)11-17(2,3)4;/h2-12,14-17H,1H3;5-8,10,12H,11H2,1-4H3;/q2*-1;. The van der Waals surface area contributed by atoms with Gasteiger partial charge in [0.2, 0.25) is 0 Å². The Morgan fingerprint density at radius 1 is 0.609 bits per heavy atom. The Kier molecular flexibility index (Phi) is 10.3. The van der Waals surface area contributed by atoms with Gasteiger partial charge in [0.1, 0.15) is 0 Å². The molecule has 3 heteroatoms. The van der Waals surface area contributed by atoms with E-state index in [0.29, 0.717) is 5.41 Å². The summed E-state index contributed by atoms with van der Waals surface area (Å²) in [5, 5.41) is 5.11. The van der Waals surface area contributed by atoms with Crippen molar-refractivity contribution in [2.24, 2.45) is 5.41 Å². The minimum Gasteiger partial charge on any atom is -0.305 e. The number of aryl methyl sites for hydroxylation is 2. The Morgan fingerprint density at radius 3 is 1.96 bits per heavy atom. The van der Waals surface area contributed by atoms with Crippen LogP contribution in [0, 0.1) is 31.4 Å². The van der Waals surface area contributed by atoms with Crippen molar-refractivity contribution in [3.63, 3.8) is 0 Å². The fraction of sp³-hybridized carbons (Fsp3) is 0.163. The van der Waals surface area contributed by atoms with Crippen LogP contribution >= 0.6 is 0 Å². The summed E-state index contributed by atoms with van der Waals surface area (Å²) in [6, 6.07) is 47.1. The molecule has 0 aliphatic heterocycles. The van der Waals surface area contributed by atoms with Crippen LogP contribution in [0.3, 0.4) is 0 Å². The summed E-state index contributed by atoms with van der Waals surface area (Å²) in [6.45, 7) is 10.9. The van der Waals surface area contributed by atoms with Crippen molar-refractivity contribution >= 4 is 21.5 Å². The van der Waals surface area contributed by atoms with Crippen molar-refractivity contribution in [3.8, 4) is 33.6 Å². The van der Waals surface area contributed by atoms with Crippen LogP contribution in [0.4, 0.5) is 0 Å². The number of nitrogens with zero attached hydrogens (tertiary/aromatic N) is 2. The van der Waals surface area contributed by atoms with Gasteiger partial charge >= 0.3 is 0 Å². The summed E-state index contributed by atoms with van der Waals surface area (Å²) in [5.41, 5.74) is 10.5.